The van der Waals surface area contributed by atoms with Gasteiger partial charge in [-0.3, -0.25) is 4.79 Å². The summed E-state index contributed by atoms with van der Waals surface area (Å²) in [6.45, 7) is 1.92. The first-order chi connectivity index (χ1) is 16.1. The Morgan fingerprint density at radius 2 is 1.85 bits per heavy atom. The number of carboxylic acid groups (broad SMARTS) is 1. The SMILES string of the molecule is O=C(O)C1CC(Oc2nc(C3CCOCC3)c(Br)c3ccc(OCc4ccccc4)cc23)C1. The summed E-state index contributed by atoms with van der Waals surface area (Å²) in [5.74, 6) is 0.482. The molecule has 2 heterocycles. The number of benzene rings is 2. The minimum Gasteiger partial charge on any atom is -0.489 e. The lowest BCUT2D eigenvalue weighted by Gasteiger charge is -2.33. The molecule has 2 fully saturated rings. The van der Waals surface area contributed by atoms with Crippen molar-refractivity contribution >= 4 is 32.7 Å². The van der Waals surface area contributed by atoms with Gasteiger partial charge in [0.25, 0.3) is 0 Å². The number of carbonyl (C=O) groups is 1. The highest BCUT2D eigenvalue weighted by Crippen LogP contribution is 2.42. The van der Waals surface area contributed by atoms with Crippen LogP contribution in [0.4, 0.5) is 0 Å². The lowest BCUT2D eigenvalue weighted by Crippen LogP contribution is -2.38. The van der Waals surface area contributed by atoms with E-state index in [0.717, 1.165) is 58.3 Å². The van der Waals surface area contributed by atoms with Gasteiger partial charge in [-0.2, -0.15) is 0 Å². The highest BCUT2D eigenvalue weighted by Gasteiger charge is 2.37. The summed E-state index contributed by atoms with van der Waals surface area (Å²) in [6, 6.07) is 16.0. The average Bonchev–Trinajstić information content (AvgIpc) is 2.82. The monoisotopic (exact) mass is 511 g/mol. The Kier molecular flexibility index (Phi) is 6.51. The maximum absolute atomic E-state index is 11.2. The molecule has 2 aromatic carbocycles. The Morgan fingerprint density at radius 3 is 2.58 bits per heavy atom. The predicted octanol–water partition coefficient (Wildman–Crippen LogP) is 5.71. The summed E-state index contributed by atoms with van der Waals surface area (Å²) in [6.07, 6.45) is 2.70. The second-order valence-corrected chi connectivity index (χ2v) is 9.52. The molecule has 1 aliphatic heterocycles. The van der Waals surface area contributed by atoms with Gasteiger partial charge in [-0.15, -0.1) is 0 Å². The molecule has 3 aromatic rings. The number of ether oxygens (including phenoxy) is 3. The molecule has 33 heavy (non-hydrogen) atoms. The molecule has 7 heteroatoms. The van der Waals surface area contributed by atoms with Crippen LogP contribution in [0.15, 0.2) is 53.0 Å². The van der Waals surface area contributed by atoms with E-state index in [2.05, 4.69) is 15.9 Å². The molecule has 0 amide bonds. The second kappa shape index (κ2) is 9.69. The number of aromatic nitrogens is 1. The van der Waals surface area contributed by atoms with Crippen molar-refractivity contribution in [2.75, 3.05) is 13.2 Å². The van der Waals surface area contributed by atoms with Gasteiger partial charge in [0.2, 0.25) is 5.88 Å². The third-order valence-corrected chi connectivity index (χ3v) is 7.32. The number of nitrogens with zero attached hydrogens (tertiary/aromatic N) is 1. The van der Waals surface area contributed by atoms with Crippen molar-refractivity contribution in [2.24, 2.45) is 5.92 Å². The van der Waals surface area contributed by atoms with Crippen LogP contribution in [0.1, 0.15) is 42.9 Å². The Bertz CT molecular complexity index is 1140. The van der Waals surface area contributed by atoms with Gasteiger partial charge >= 0.3 is 5.97 Å². The first-order valence-corrected chi connectivity index (χ1v) is 12.1. The van der Waals surface area contributed by atoms with E-state index in [0.29, 0.717) is 31.2 Å². The van der Waals surface area contributed by atoms with Crippen molar-refractivity contribution in [3.05, 3.63) is 64.3 Å². The molecule has 1 aromatic heterocycles. The van der Waals surface area contributed by atoms with Crippen LogP contribution in [-0.2, 0) is 16.1 Å². The van der Waals surface area contributed by atoms with Crippen molar-refractivity contribution in [1.29, 1.82) is 0 Å². The number of pyridine rings is 1. The van der Waals surface area contributed by atoms with Crippen LogP contribution in [0.2, 0.25) is 0 Å². The van der Waals surface area contributed by atoms with Gasteiger partial charge in [0, 0.05) is 34.4 Å². The van der Waals surface area contributed by atoms with Gasteiger partial charge in [-0.1, -0.05) is 30.3 Å². The van der Waals surface area contributed by atoms with E-state index < -0.39 is 5.97 Å². The fourth-order valence-corrected chi connectivity index (χ4v) is 5.19. The Hall–Kier alpha value is -2.64. The molecule has 6 nitrogen and oxygen atoms in total. The van der Waals surface area contributed by atoms with Gasteiger partial charge in [0.15, 0.2) is 0 Å². The Morgan fingerprint density at radius 1 is 1.09 bits per heavy atom. The number of aliphatic carboxylic acids is 1. The highest BCUT2D eigenvalue weighted by molar-refractivity contribution is 9.10. The van der Waals surface area contributed by atoms with Crippen LogP contribution in [0.25, 0.3) is 10.8 Å². The average molecular weight is 512 g/mol. The molecule has 2 aliphatic rings. The first kappa shape index (κ1) is 22.2. The molecule has 1 saturated heterocycles. The molecular weight excluding hydrogens is 486 g/mol. The van der Waals surface area contributed by atoms with E-state index in [1.807, 2.05) is 48.5 Å². The number of hydrogen-bond donors (Lipinski definition) is 1. The standard InChI is InChI=1S/C26H26BrNO5/c27-23-21-7-6-19(32-15-16-4-2-1-3-5-16)14-22(21)25(33-20-12-18(13-20)26(29)30)28-24(23)17-8-10-31-11-9-17/h1-7,14,17-18,20H,8-13,15H2,(H,29,30). The molecule has 0 unspecified atom stereocenters. The summed E-state index contributed by atoms with van der Waals surface area (Å²) in [5.41, 5.74) is 2.07. The van der Waals surface area contributed by atoms with Crippen LogP contribution in [0.5, 0.6) is 11.6 Å². The number of carboxylic acids is 1. The van der Waals surface area contributed by atoms with Crippen LogP contribution in [-0.4, -0.2) is 35.4 Å². The van der Waals surface area contributed by atoms with Crippen molar-refractivity contribution in [2.45, 2.75) is 44.3 Å². The normalized spacial score (nSPS) is 20.9. The van der Waals surface area contributed by atoms with Crippen LogP contribution >= 0.6 is 15.9 Å². The summed E-state index contributed by atoms with van der Waals surface area (Å²) in [7, 11) is 0. The largest absolute Gasteiger partial charge is 0.489 e. The molecule has 1 saturated carbocycles. The van der Waals surface area contributed by atoms with Crippen LogP contribution < -0.4 is 9.47 Å². The van der Waals surface area contributed by atoms with Gasteiger partial charge < -0.3 is 19.3 Å². The molecule has 1 N–H and O–H groups in total. The van der Waals surface area contributed by atoms with Crippen molar-refractivity contribution < 1.29 is 24.1 Å². The quantitative estimate of drug-likeness (QED) is 0.437. The van der Waals surface area contributed by atoms with Crippen molar-refractivity contribution in [3.63, 3.8) is 0 Å². The molecule has 5 rings (SSSR count). The van der Waals surface area contributed by atoms with Crippen LogP contribution in [0, 0.1) is 5.92 Å². The van der Waals surface area contributed by atoms with Crippen molar-refractivity contribution in [3.8, 4) is 11.6 Å². The summed E-state index contributed by atoms with van der Waals surface area (Å²) in [5, 5.41) is 11.1. The summed E-state index contributed by atoms with van der Waals surface area (Å²) < 4.78 is 18.8. The van der Waals surface area contributed by atoms with E-state index in [1.165, 1.54) is 0 Å². The Labute approximate surface area is 201 Å². The zero-order chi connectivity index (χ0) is 22.8. The van der Waals surface area contributed by atoms with E-state index in [4.69, 9.17) is 19.2 Å². The number of rotatable bonds is 7. The number of hydrogen-bond acceptors (Lipinski definition) is 5. The van der Waals surface area contributed by atoms with Crippen LogP contribution in [0.3, 0.4) is 0 Å². The maximum atomic E-state index is 11.2. The molecule has 172 valence electrons. The smallest absolute Gasteiger partial charge is 0.306 e. The van der Waals surface area contributed by atoms with Crippen molar-refractivity contribution in [1.82, 2.24) is 4.98 Å². The maximum Gasteiger partial charge on any atom is 0.306 e. The minimum absolute atomic E-state index is 0.139. The molecule has 0 bridgehead atoms. The second-order valence-electron chi connectivity index (χ2n) is 8.73. The zero-order valence-electron chi connectivity index (χ0n) is 18.2. The highest BCUT2D eigenvalue weighted by atomic mass is 79.9. The first-order valence-electron chi connectivity index (χ1n) is 11.4. The summed E-state index contributed by atoms with van der Waals surface area (Å²) >= 11 is 3.80. The van der Waals surface area contributed by atoms with Gasteiger partial charge in [-0.05, 0) is 65.4 Å². The van der Waals surface area contributed by atoms with E-state index >= 15 is 0 Å². The fourth-order valence-electron chi connectivity index (χ4n) is 4.43. The van der Waals surface area contributed by atoms with Gasteiger partial charge in [0.05, 0.1) is 11.6 Å². The molecule has 0 spiro atoms. The fraction of sp³-hybridized carbons (Fsp3) is 0.385. The lowest BCUT2D eigenvalue weighted by molar-refractivity contribution is -0.148. The van der Waals surface area contributed by atoms with Gasteiger partial charge in [0.1, 0.15) is 18.5 Å². The number of fused-ring (bicyclic) bond motifs is 1. The molecule has 0 radical (unpaired) electrons. The topological polar surface area (TPSA) is 77.9 Å². The number of halogens is 1. The Balaban J connectivity index is 1.46. The lowest BCUT2D eigenvalue weighted by atomic mass is 9.82. The third-order valence-electron chi connectivity index (χ3n) is 6.48. The zero-order valence-corrected chi connectivity index (χ0v) is 19.8. The predicted molar refractivity (Wildman–Crippen MR) is 128 cm³/mol. The summed E-state index contributed by atoms with van der Waals surface area (Å²) in [4.78, 5) is 16.2. The third kappa shape index (κ3) is 4.84. The molecular formula is C26H26BrNO5. The van der Waals surface area contributed by atoms with Gasteiger partial charge in [-0.25, -0.2) is 4.98 Å². The van der Waals surface area contributed by atoms with E-state index in [1.54, 1.807) is 0 Å². The molecule has 0 atom stereocenters. The molecule has 1 aliphatic carbocycles. The minimum atomic E-state index is -0.761. The van der Waals surface area contributed by atoms with E-state index in [-0.39, 0.29) is 12.0 Å². The van der Waals surface area contributed by atoms with E-state index in [9.17, 15) is 9.90 Å².